The number of rotatable bonds is 32. The molecule has 0 spiro atoms. The predicted molar refractivity (Wildman–Crippen MR) is 365 cm³/mol. The Labute approximate surface area is 628 Å². The summed E-state index contributed by atoms with van der Waals surface area (Å²) in [4.78, 5) is 207. The Bertz CT molecular complexity index is 5430. The molecule has 6 fully saturated rings. The fourth-order valence-electron chi connectivity index (χ4n) is 12.5. The number of nitrogens with two attached hydrogens (primary N) is 1. The quantitative estimate of drug-likeness (QED) is 0.0179. The van der Waals surface area contributed by atoms with Gasteiger partial charge in [0.1, 0.15) is 110 Å². The van der Waals surface area contributed by atoms with E-state index in [9.17, 15) is 110 Å². The molecule has 23 atom stereocenters. The second-order valence-corrected chi connectivity index (χ2v) is 33.1. The van der Waals surface area contributed by atoms with Crippen molar-refractivity contribution in [2.75, 3.05) is 45.4 Å². The van der Waals surface area contributed by atoms with Crippen LogP contribution in [0, 0.1) is 0 Å². The third-order valence-corrected chi connectivity index (χ3v) is 23.3. The largest absolute Gasteiger partial charge is 0.472 e. The maximum atomic E-state index is 14.2. The minimum Gasteiger partial charge on any atom is -0.394 e. The molecule has 6 aromatic heterocycles. The molecule has 0 saturated carbocycles. The van der Waals surface area contributed by atoms with Crippen molar-refractivity contribution >= 4 is 60.9 Å². The molecule has 6 saturated heterocycles. The second kappa shape index (κ2) is 34.3. The minimum absolute atomic E-state index is 0.136. The van der Waals surface area contributed by atoms with Gasteiger partial charge in [-0.05, 0) is 22.0 Å². The van der Waals surface area contributed by atoms with Crippen LogP contribution in [0.1, 0.15) is 75.9 Å². The van der Waals surface area contributed by atoms with Gasteiger partial charge in [-0.2, -0.15) is 4.98 Å². The summed E-state index contributed by atoms with van der Waals surface area (Å²) in [5.41, 5.74) is -4.85. The van der Waals surface area contributed by atoms with Gasteiger partial charge in [0, 0.05) is 100.0 Å². The molecule has 52 nitrogen and oxygen atoms in total. The number of aliphatic hydroxyl groups excluding tert-OH is 2. The Kier molecular flexibility index (Phi) is 25.8. The molecule has 12 heterocycles. The number of aromatic amines is 5. The summed E-state index contributed by atoms with van der Waals surface area (Å²) in [6.07, 6.45) is -25.6. The van der Waals surface area contributed by atoms with E-state index in [2.05, 4.69) is 20.9 Å². The van der Waals surface area contributed by atoms with Crippen LogP contribution in [0.15, 0.2) is 125 Å². The third-order valence-electron chi connectivity index (χ3n) is 17.7. The van der Waals surface area contributed by atoms with Crippen molar-refractivity contribution in [1.29, 1.82) is 0 Å². The Morgan fingerprint density at radius 1 is 0.402 bits per heavy atom. The molecule has 0 amide bonds. The van der Waals surface area contributed by atoms with Gasteiger partial charge >= 0.3 is 73.3 Å². The number of nitrogens with one attached hydrogen (secondary N) is 5. The highest BCUT2D eigenvalue weighted by Crippen LogP contribution is 2.56. The van der Waals surface area contributed by atoms with Crippen molar-refractivity contribution < 1.29 is 131 Å². The van der Waals surface area contributed by atoms with Gasteiger partial charge in [0.2, 0.25) is 0 Å². The lowest BCUT2D eigenvalue weighted by Crippen LogP contribution is -2.33. The van der Waals surface area contributed by atoms with Crippen molar-refractivity contribution in [3.8, 4) is 0 Å². The first-order chi connectivity index (χ1) is 52.7. The van der Waals surface area contributed by atoms with Crippen LogP contribution in [0.3, 0.4) is 0 Å². The highest BCUT2D eigenvalue weighted by Gasteiger charge is 2.51. The van der Waals surface area contributed by atoms with Crippen LogP contribution in [-0.2, 0) is 96.5 Å². The van der Waals surface area contributed by atoms with Crippen LogP contribution in [0.4, 0.5) is 5.82 Å². The maximum absolute atomic E-state index is 14.2. The number of phosphoric acid groups is 5. The van der Waals surface area contributed by atoms with Crippen molar-refractivity contribution in [2.45, 2.75) is 149 Å². The van der Waals surface area contributed by atoms with E-state index in [1.165, 1.54) is 12.3 Å². The topological polar surface area (TPSA) is 710 Å². The number of aromatic nitrogens is 12. The molecule has 58 heteroatoms. The molecular formula is C54H67BrN13O39P5. The number of ether oxygens (including phenoxy) is 6. The zero-order valence-electron chi connectivity index (χ0n) is 56.7. The smallest absolute Gasteiger partial charge is 0.394 e. The zero-order valence-corrected chi connectivity index (χ0v) is 62.8. The second-order valence-electron chi connectivity index (χ2n) is 25.2. The predicted octanol–water partition coefficient (Wildman–Crippen LogP) is -4.07. The van der Waals surface area contributed by atoms with Crippen molar-refractivity contribution in [1.82, 2.24) is 57.3 Å². The Hall–Kier alpha value is -7.21. The van der Waals surface area contributed by atoms with Gasteiger partial charge in [0.25, 0.3) is 27.8 Å². The van der Waals surface area contributed by atoms with Crippen molar-refractivity contribution in [2.24, 2.45) is 0 Å². The maximum Gasteiger partial charge on any atom is 0.472 e. The molecule has 0 radical (unpaired) electrons. The minimum atomic E-state index is -5.68. The number of hydrogen-bond donors (Lipinski definition) is 13. The van der Waals surface area contributed by atoms with Gasteiger partial charge in [-0.15, -0.1) is 0 Å². The van der Waals surface area contributed by atoms with Gasteiger partial charge in [-0.3, -0.25) is 122 Å². The standard InChI is InChI=1S/C54H67BrN13O39P5/c55-24-17-68(54(81)62-48(24)75)47-16-30(36(102-47)23-93-109(84,85)103-26-12-43(97-31(26)18-69)63-6-1-37(56)57-49(63)76)107-112(90,91)96-22-35-29(15-46(101-35)67-10-5-41(74)61-53(67)80)106-111(88,89)95-21-34-28(14-45(100-34)66-9-4-40(73)60-52(66)79)105-110(86,87)94-20-33-27(13-44(99-33)65-8-3-39(72)59-51(65)78)104-108(82,83)92-19-32-25(70)11-42(98-32)64-7-2-38(71)58-50(64)77/h1-10,17,25-36,42-47,69-70H,11-16,18-23H2,(H,82,83)(H,84,85)(H,86,87)(H,88,89)(H,90,91)(H2,56,57,76)(H,58,71,77)(H,59,72,78)(H,60,73,79)(H,61,74,80)(H,62,75,81)/t25-,26-,27-,28-,29-,30-,31+,32+,33+,34+,35+,36+,42+,43+,44+,45+,46+,47+/m0/s1. The number of nitrogens with zero attached hydrogens (tertiary/aromatic N) is 7. The highest BCUT2D eigenvalue weighted by molar-refractivity contribution is 9.10. The lowest BCUT2D eigenvalue weighted by atomic mass is 10.2. The molecule has 614 valence electrons. The van der Waals surface area contributed by atoms with E-state index < -0.39 is 277 Å². The van der Waals surface area contributed by atoms with Crippen molar-refractivity contribution in [3.63, 3.8) is 0 Å². The third kappa shape index (κ3) is 20.7. The SMILES string of the molecule is Nc1ccn([C@H]2C[C@H](OP(=O)(O)OC[C@H]3O[C@@H](n4cc(Br)c(=O)[nH]c4=O)C[C@@H]3OP(=O)(O)OC[C@H]3O[C@@H](n4ccc(=O)[nH]c4=O)C[C@@H]3OP(=O)(O)OC[C@H]3O[C@@H](n4ccc(=O)[nH]c4=O)C[C@@H]3OP(=O)(O)OC[C@H]3O[C@@H](n4ccc(=O)[nH]c4=O)C[C@@H]3OP(=O)(O)OC[C@H]3O[C@@H](n4ccc(=O)[nH]c4=O)C[C@@H]3O)[C@@H](CO)O2)c(=O)n1. The highest BCUT2D eigenvalue weighted by atomic mass is 79.9. The molecular weight excluding hydrogens is 1690 g/mol. The number of phosphoric ester groups is 5. The summed E-state index contributed by atoms with van der Waals surface area (Å²) in [6.45, 7) is -6.29. The van der Waals surface area contributed by atoms with E-state index in [1.807, 2.05) is 24.9 Å². The fraction of sp³-hybridized carbons (Fsp3) is 0.556. The molecule has 0 aliphatic carbocycles. The van der Waals surface area contributed by atoms with Gasteiger partial charge in [0.05, 0.1) is 50.2 Å². The van der Waals surface area contributed by atoms with Crippen LogP contribution in [0.2, 0.25) is 0 Å². The van der Waals surface area contributed by atoms with Crippen LogP contribution < -0.4 is 67.7 Å². The van der Waals surface area contributed by atoms with Gasteiger partial charge in [-0.25, -0.2) is 51.6 Å². The van der Waals surface area contributed by atoms with E-state index in [1.54, 1.807) is 0 Å². The summed E-state index contributed by atoms with van der Waals surface area (Å²) in [6, 6.07) is 4.91. The van der Waals surface area contributed by atoms with E-state index in [0.717, 1.165) is 82.7 Å². The summed E-state index contributed by atoms with van der Waals surface area (Å²) in [5.74, 6) is -0.136. The first-order valence-corrected chi connectivity index (χ1v) is 41.1. The van der Waals surface area contributed by atoms with E-state index in [0.29, 0.717) is 0 Å². The number of H-pyrrole nitrogens is 5. The number of anilines is 1. The Morgan fingerprint density at radius 2 is 0.670 bits per heavy atom. The summed E-state index contributed by atoms with van der Waals surface area (Å²) in [5, 5.41) is 20.8. The van der Waals surface area contributed by atoms with Crippen LogP contribution in [0.5, 0.6) is 0 Å². The number of halogens is 1. The number of aliphatic hydroxyl groups is 2. The van der Waals surface area contributed by atoms with E-state index >= 15 is 0 Å². The molecule has 12 rings (SSSR count). The lowest BCUT2D eigenvalue weighted by molar-refractivity contribution is -0.0657. The zero-order chi connectivity index (χ0) is 80.7. The van der Waals surface area contributed by atoms with Gasteiger partial charge in [-0.1, -0.05) is 0 Å². The monoisotopic (exact) mass is 1760 g/mol. The van der Waals surface area contributed by atoms with Gasteiger partial charge < -0.3 is 68.8 Å². The van der Waals surface area contributed by atoms with Crippen molar-refractivity contribution in [3.05, 3.63) is 187 Å². The van der Waals surface area contributed by atoms with E-state index in [4.69, 9.17) is 79.4 Å². The lowest BCUT2D eigenvalue weighted by Gasteiger charge is -2.26. The Morgan fingerprint density at radius 3 is 0.991 bits per heavy atom. The molecule has 5 unspecified atom stereocenters. The number of hydrogen-bond acceptors (Lipinski definition) is 36. The average molecular weight is 1760 g/mol. The van der Waals surface area contributed by atoms with Gasteiger partial charge in [0.15, 0.2) is 0 Å². The fourth-order valence-corrected chi connectivity index (χ4v) is 17.6. The molecule has 0 bridgehead atoms. The molecule has 0 aromatic carbocycles. The summed E-state index contributed by atoms with van der Waals surface area (Å²) >= 11 is 2.98. The summed E-state index contributed by atoms with van der Waals surface area (Å²) < 4.78 is 163. The summed E-state index contributed by atoms with van der Waals surface area (Å²) in [7, 11) is -27.6. The normalized spacial score (nSPS) is 30.7. The van der Waals surface area contributed by atoms with Crippen LogP contribution >= 0.6 is 55.0 Å². The first-order valence-electron chi connectivity index (χ1n) is 32.9. The Balaban J connectivity index is 0.723. The molecule has 6 aliphatic rings. The molecule has 112 heavy (non-hydrogen) atoms. The number of nitrogen functional groups attached to an aromatic ring is 1. The van der Waals surface area contributed by atoms with Crippen LogP contribution in [-0.4, -0.2) is 205 Å². The molecule has 6 aliphatic heterocycles. The van der Waals surface area contributed by atoms with E-state index in [-0.39, 0.29) is 23.1 Å². The molecule has 6 aromatic rings. The van der Waals surface area contributed by atoms with Crippen LogP contribution in [0.25, 0.3) is 0 Å². The average Bonchev–Trinajstić information content (AvgIpc) is 1.67. The molecule has 14 N–H and O–H groups in total. The first kappa shape index (κ1) is 84.2.